The second kappa shape index (κ2) is 13.5. The first kappa shape index (κ1) is 32.3. The minimum atomic E-state index is -0.552. The molecule has 13 heteroatoms. The third-order valence-corrected chi connectivity index (χ3v) is 8.57. The Morgan fingerprint density at radius 1 is 1.16 bits per heavy atom. The number of fused-ring (bicyclic) bond motifs is 1. The van der Waals surface area contributed by atoms with Crippen LogP contribution < -0.4 is 27.2 Å². The first-order valence-corrected chi connectivity index (χ1v) is 15.3. The minimum absolute atomic E-state index is 0.0509. The molecule has 0 radical (unpaired) electrons. The van der Waals surface area contributed by atoms with E-state index < -0.39 is 11.9 Å². The average Bonchev–Trinajstić information content (AvgIpc) is 3.44. The van der Waals surface area contributed by atoms with Crippen molar-refractivity contribution < 1.29 is 8.81 Å². The summed E-state index contributed by atoms with van der Waals surface area (Å²) in [6, 6.07) is 9.70. The van der Waals surface area contributed by atoms with Crippen LogP contribution in [0.3, 0.4) is 0 Å². The number of rotatable bonds is 9. The summed E-state index contributed by atoms with van der Waals surface area (Å²) in [5, 5.41) is 21.0. The van der Waals surface area contributed by atoms with Gasteiger partial charge in [-0.3, -0.25) is 15.7 Å². The van der Waals surface area contributed by atoms with E-state index in [0.29, 0.717) is 50.1 Å². The van der Waals surface area contributed by atoms with E-state index in [4.69, 9.17) is 33.5 Å². The Bertz CT molecular complexity index is 1750. The first-order valence-electron chi connectivity index (χ1n) is 14.6. The van der Waals surface area contributed by atoms with Crippen molar-refractivity contribution in [2.24, 2.45) is 5.84 Å². The average molecular weight is 653 g/mol. The summed E-state index contributed by atoms with van der Waals surface area (Å²) in [4.78, 5) is 11.4. The predicted octanol–water partition coefficient (Wildman–Crippen LogP) is 6.90. The number of hydrogen-bond acceptors (Lipinski definition) is 10. The van der Waals surface area contributed by atoms with Crippen LogP contribution in [0.5, 0.6) is 0 Å². The maximum Gasteiger partial charge on any atom is 0.181 e. The van der Waals surface area contributed by atoms with Crippen molar-refractivity contribution in [3.63, 3.8) is 0 Å². The zero-order chi connectivity index (χ0) is 32.3. The van der Waals surface area contributed by atoms with Crippen LogP contribution in [0.2, 0.25) is 10.0 Å². The molecule has 3 heterocycles. The van der Waals surface area contributed by atoms with Gasteiger partial charge in [-0.1, -0.05) is 23.2 Å². The molecule has 0 unspecified atom stereocenters. The van der Waals surface area contributed by atoms with Gasteiger partial charge in [0.25, 0.3) is 0 Å². The number of pyridine rings is 1. The highest BCUT2D eigenvalue weighted by atomic mass is 35.5. The molecule has 1 atom stereocenters. The van der Waals surface area contributed by atoms with Crippen molar-refractivity contribution in [2.75, 3.05) is 23.7 Å². The largest absolute Gasteiger partial charge is 0.448 e. The molecule has 0 amide bonds. The monoisotopic (exact) mass is 651 g/mol. The van der Waals surface area contributed by atoms with Crippen LogP contribution in [0.4, 0.5) is 21.5 Å². The van der Waals surface area contributed by atoms with Gasteiger partial charge in [0.05, 0.1) is 32.5 Å². The van der Waals surface area contributed by atoms with E-state index in [9.17, 15) is 9.65 Å². The lowest BCUT2D eigenvalue weighted by molar-refractivity contribution is 0.0988. The molecule has 4 aromatic rings. The lowest BCUT2D eigenvalue weighted by atomic mass is 9.98. The smallest absolute Gasteiger partial charge is 0.181 e. The van der Waals surface area contributed by atoms with E-state index in [1.165, 1.54) is 30.8 Å². The van der Waals surface area contributed by atoms with Crippen molar-refractivity contribution in [1.29, 1.82) is 5.26 Å². The SMILES string of the molecule is Cc1ocnc1[C@H](Nc1cc(Cl)c2ncc(C#N)c(Nc3ccc(F)c(Cl)c3)c2c1)/C(=C/NC1CCN(C(C)(C)C)CC1)NN. The summed E-state index contributed by atoms with van der Waals surface area (Å²) in [5.74, 6) is 6.15. The van der Waals surface area contributed by atoms with Crippen LogP contribution >= 0.6 is 23.2 Å². The summed E-state index contributed by atoms with van der Waals surface area (Å²) in [5.41, 5.74) is 6.52. The Balaban J connectivity index is 1.49. The van der Waals surface area contributed by atoms with Crippen molar-refractivity contribution in [3.05, 3.63) is 87.7 Å². The Kier molecular flexibility index (Phi) is 9.70. The fourth-order valence-electron chi connectivity index (χ4n) is 5.46. The van der Waals surface area contributed by atoms with Gasteiger partial charge in [0.2, 0.25) is 0 Å². The summed E-state index contributed by atoms with van der Waals surface area (Å²) >= 11 is 12.8. The number of hydrogen-bond donors (Lipinski definition) is 5. The number of halogens is 3. The Hall–Kier alpha value is -4.08. The molecule has 2 aromatic carbocycles. The topological polar surface area (TPSA) is 140 Å². The number of benzene rings is 2. The van der Waals surface area contributed by atoms with Crippen LogP contribution in [0.15, 0.2) is 59.2 Å². The zero-order valence-corrected chi connectivity index (χ0v) is 27.0. The maximum atomic E-state index is 13.8. The van der Waals surface area contributed by atoms with Crippen LogP contribution in [-0.2, 0) is 0 Å². The van der Waals surface area contributed by atoms with Gasteiger partial charge >= 0.3 is 0 Å². The second-order valence-electron chi connectivity index (χ2n) is 12.0. The number of piperidine rings is 1. The molecule has 1 fully saturated rings. The first-order chi connectivity index (χ1) is 21.5. The Morgan fingerprint density at radius 3 is 2.51 bits per heavy atom. The molecule has 2 aromatic heterocycles. The number of nitrogens with zero attached hydrogens (tertiary/aromatic N) is 4. The molecule has 0 aliphatic carbocycles. The van der Waals surface area contributed by atoms with Gasteiger partial charge < -0.3 is 25.8 Å². The minimum Gasteiger partial charge on any atom is -0.448 e. The number of nitrogens with one attached hydrogen (secondary N) is 4. The lowest BCUT2D eigenvalue weighted by Gasteiger charge is -2.41. The standard InChI is InChI=1S/C32H36Cl2FN9O/c1-18-28(40-17-45-18)31(27(43-37)16-38-20-7-9-44(10-8-20)32(2,3)4)42-22-11-23-29(41-21-5-6-26(35)24(33)12-21)19(14-36)15-39-30(23)25(34)13-22/h5-6,11-13,15-17,20,31,38,42-43H,7-10,37H2,1-4H3,(H,39,41)/b27-16-/t31-/m1/s1. The highest BCUT2D eigenvalue weighted by Gasteiger charge is 2.28. The van der Waals surface area contributed by atoms with E-state index in [0.717, 1.165) is 25.9 Å². The molecule has 0 saturated carbocycles. The Morgan fingerprint density at radius 2 is 1.89 bits per heavy atom. The third kappa shape index (κ3) is 7.26. The molecular formula is C32H36Cl2FN9O. The zero-order valence-electron chi connectivity index (χ0n) is 25.5. The number of nitriles is 1. The summed E-state index contributed by atoms with van der Waals surface area (Å²) < 4.78 is 19.4. The van der Waals surface area contributed by atoms with Crippen molar-refractivity contribution in [3.8, 4) is 6.07 Å². The molecule has 0 spiro atoms. The van der Waals surface area contributed by atoms with Gasteiger partial charge in [0, 0.05) is 53.8 Å². The maximum absolute atomic E-state index is 13.8. The van der Waals surface area contributed by atoms with Crippen LogP contribution in [-0.4, -0.2) is 39.5 Å². The number of hydrazine groups is 1. The van der Waals surface area contributed by atoms with Gasteiger partial charge in [-0.25, -0.2) is 9.37 Å². The highest BCUT2D eigenvalue weighted by molar-refractivity contribution is 6.36. The Labute approximate surface area is 271 Å². The molecule has 10 nitrogen and oxygen atoms in total. The van der Waals surface area contributed by atoms with E-state index in [2.05, 4.69) is 63.1 Å². The number of aryl methyl sites for hydroxylation is 1. The predicted molar refractivity (Wildman–Crippen MR) is 177 cm³/mol. The van der Waals surface area contributed by atoms with E-state index in [1.54, 1.807) is 6.07 Å². The van der Waals surface area contributed by atoms with Crippen molar-refractivity contribution in [2.45, 2.75) is 58.2 Å². The lowest BCUT2D eigenvalue weighted by Crippen LogP contribution is -2.49. The third-order valence-electron chi connectivity index (χ3n) is 8.00. The van der Waals surface area contributed by atoms with Gasteiger partial charge in [0.15, 0.2) is 6.39 Å². The molecular weight excluding hydrogens is 616 g/mol. The number of oxazole rings is 1. The van der Waals surface area contributed by atoms with Gasteiger partial charge in [0.1, 0.15) is 29.4 Å². The number of anilines is 3. The normalized spacial score (nSPS) is 15.5. The number of aromatic nitrogens is 2. The molecule has 1 aliphatic rings. The fourth-order valence-corrected chi connectivity index (χ4v) is 5.91. The van der Waals surface area contributed by atoms with Crippen molar-refractivity contribution in [1.82, 2.24) is 25.6 Å². The quantitative estimate of drug-likeness (QED) is 0.0958. The fraction of sp³-hybridized carbons (Fsp3) is 0.344. The second-order valence-corrected chi connectivity index (χ2v) is 12.8. The van der Waals surface area contributed by atoms with Gasteiger partial charge in [-0.05, 0) is 70.9 Å². The van der Waals surface area contributed by atoms with Gasteiger partial charge in [-0.15, -0.1) is 0 Å². The molecule has 5 rings (SSSR count). The summed E-state index contributed by atoms with van der Waals surface area (Å²) in [6.45, 7) is 10.5. The molecule has 45 heavy (non-hydrogen) atoms. The van der Waals surface area contributed by atoms with Crippen LogP contribution in [0, 0.1) is 24.1 Å². The van der Waals surface area contributed by atoms with E-state index >= 15 is 0 Å². The number of likely N-dealkylation sites (tertiary alicyclic amines) is 1. The van der Waals surface area contributed by atoms with Gasteiger partial charge in [-0.2, -0.15) is 5.26 Å². The summed E-state index contributed by atoms with van der Waals surface area (Å²) in [7, 11) is 0. The van der Waals surface area contributed by atoms with Crippen LogP contribution in [0.1, 0.15) is 56.7 Å². The molecule has 1 saturated heterocycles. The van der Waals surface area contributed by atoms with E-state index in [1.807, 2.05) is 19.2 Å². The van der Waals surface area contributed by atoms with E-state index in [-0.39, 0.29) is 22.2 Å². The highest BCUT2D eigenvalue weighted by Crippen LogP contribution is 2.37. The number of nitrogens with two attached hydrogens (primary N) is 1. The molecule has 1 aliphatic heterocycles. The van der Waals surface area contributed by atoms with Crippen molar-refractivity contribution >= 4 is 51.2 Å². The summed E-state index contributed by atoms with van der Waals surface area (Å²) in [6.07, 6.45) is 6.70. The molecule has 236 valence electrons. The van der Waals surface area contributed by atoms with Crippen LogP contribution in [0.25, 0.3) is 10.9 Å². The molecule has 6 N–H and O–H groups in total. The molecule has 0 bridgehead atoms.